The van der Waals surface area contributed by atoms with Crippen LogP contribution in [-0.4, -0.2) is 79.0 Å². The van der Waals surface area contributed by atoms with Gasteiger partial charge in [0, 0.05) is 32.7 Å². The summed E-state index contributed by atoms with van der Waals surface area (Å²) in [6, 6.07) is 0. The van der Waals surface area contributed by atoms with Crippen LogP contribution < -0.4 is 0 Å². The SMILES string of the molecule is C=C1[C@H](O)C/C(=C/C=C2CCC[C@]3(C)[C@@H](C(C)CN4CCN(S(C)(=O)=O)CC4)CC[C@@H]23)C[C@@H]1O. The lowest BCUT2D eigenvalue weighted by Gasteiger charge is -2.45. The fraction of sp³-hybridized carbons (Fsp3) is 0.778. The number of allylic oxidation sites excluding steroid dienone is 3. The van der Waals surface area contributed by atoms with Crippen molar-refractivity contribution in [3.05, 3.63) is 35.5 Å². The smallest absolute Gasteiger partial charge is 0.211 e. The number of piperazine rings is 1. The molecule has 0 amide bonds. The molecule has 0 aromatic carbocycles. The van der Waals surface area contributed by atoms with Crippen molar-refractivity contribution in [2.24, 2.45) is 23.2 Å². The van der Waals surface area contributed by atoms with Crippen LogP contribution in [0.3, 0.4) is 0 Å². The Hall–Kier alpha value is -0.990. The maximum absolute atomic E-state index is 11.8. The van der Waals surface area contributed by atoms with E-state index in [0.717, 1.165) is 31.6 Å². The van der Waals surface area contributed by atoms with E-state index in [2.05, 4.69) is 37.5 Å². The molecule has 2 N–H and O–H groups in total. The van der Waals surface area contributed by atoms with Crippen LogP contribution in [-0.2, 0) is 10.0 Å². The first-order valence-electron chi connectivity index (χ1n) is 13.1. The van der Waals surface area contributed by atoms with Crippen LogP contribution in [0.1, 0.15) is 58.8 Å². The standard InChI is InChI=1S/C27H44N2O4S/c1-19(18-28-12-14-29(15-13-28)34(4,32)33)23-9-10-24-22(6-5-11-27(23,24)3)8-7-21-16-25(30)20(2)26(31)17-21/h7-8,19,23-26,30-31H,2,5-6,9-18H2,1,3-4H3/b21-7-,22-8?/t19?,23-,24+,25-,26+,27-/m1/s1. The Bertz CT molecular complexity index is 918. The molecule has 0 bridgehead atoms. The highest BCUT2D eigenvalue weighted by molar-refractivity contribution is 7.88. The first kappa shape index (κ1) is 26.1. The zero-order chi connectivity index (χ0) is 24.7. The molecule has 4 fully saturated rings. The van der Waals surface area contributed by atoms with Crippen molar-refractivity contribution >= 4 is 10.0 Å². The van der Waals surface area contributed by atoms with Crippen LogP contribution in [0, 0.1) is 23.2 Å². The largest absolute Gasteiger partial charge is 0.388 e. The third-order valence-corrected chi connectivity index (χ3v) is 10.7. The lowest BCUT2D eigenvalue weighted by Crippen LogP contribution is -2.50. The van der Waals surface area contributed by atoms with Gasteiger partial charge in [0.2, 0.25) is 10.0 Å². The Morgan fingerprint density at radius 2 is 1.76 bits per heavy atom. The lowest BCUT2D eigenvalue weighted by atomic mass is 9.61. The minimum atomic E-state index is -3.08. The topological polar surface area (TPSA) is 81.1 Å². The average Bonchev–Trinajstić information content (AvgIpc) is 3.13. The molecule has 0 aromatic heterocycles. The summed E-state index contributed by atoms with van der Waals surface area (Å²) >= 11 is 0. The molecule has 4 aliphatic rings. The quantitative estimate of drug-likeness (QED) is 0.576. The van der Waals surface area contributed by atoms with Gasteiger partial charge in [-0.1, -0.05) is 43.7 Å². The highest BCUT2D eigenvalue weighted by atomic mass is 32.2. The zero-order valence-corrected chi connectivity index (χ0v) is 22.1. The molecular formula is C27H44N2O4S. The molecule has 6 atom stereocenters. The summed E-state index contributed by atoms with van der Waals surface area (Å²) in [5.41, 5.74) is 3.52. The van der Waals surface area contributed by atoms with E-state index >= 15 is 0 Å². The second-order valence-electron chi connectivity index (χ2n) is 11.6. The van der Waals surface area contributed by atoms with Crippen LogP contribution >= 0.6 is 0 Å². The first-order chi connectivity index (χ1) is 16.0. The van der Waals surface area contributed by atoms with Crippen molar-refractivity contribution in [2.75, 3.05) is 39.0 Å². The summed E-state index contributed by atoms with van der Waals surface area (Å²) in [4.78, 5) is 2.46. The van der Waals surface area contributed by atoms with Gasteiger partial charge in [-0.2, -0.15) is 4.31 Å². The molecule has 0 radical (unpaired) electrons. The summed E-state index contributed by atoms with van der Waals surface area (Å²) in [5, 5.41) is 20.3. The van der Waals surface area contributed by atoms with Gasteiger partial charge in [0.15, 0.2) is 0 Å². The van der Waals surface area contributed by atoms with Gasteiger partial charge in [0.1, 0.15) is 0 Å². The van der Waals surface area contributed by atoms with Gasteiger partial charge in [-0.3, -0.25) is 0 Å². The molecule has 0 aromatic rings. The van der Waals surface area contributed by atoms with E-state index in [1.807, 2.05) is 0 Å². The number of hydrogen-bond donors (Lipinski definition) is 2. The maximum atomic E-state index is 11.8. The highest BCUT2D eigenvalue weighted by Crippen LogP contribution is 2.59. The van der Waals surface area contributed by atoms with E-state index in [1.165, 1.54) is 31.9 Å². The van der Waals surface area contributed by atoms with Gasteiger partial charge in [-0.25, -0.2) is 8.42 Å². The molecule has 3 aliphatic carbocycles. The van der Waals surface area contributed by atoms with E-state index in [0.29, 0.717) is 54.7 Å². The minimum Gasteiger partial charge on any atom is -0.388 e. The molecule has 6 nitrogen and oxygen atoms in total. The predicted octanol–water partition coefficient (Wildman–Crippen LogP) is 3.34. The number of sulfonamides is 1. The van der Waals surface area contributed by atoms with Gasteiger partial charge in [0.05, 0.1) is 18.5 Å². The van der Waals surface area contributed by atoms with Crippen molar-refractivity contribution in [1.29, 1.82) is 0 Å². The number of aliphatic hydroxyl groups excluding tert-OH is 2. The minimum absolute atomic E-state index is 0.316. The van der Waals surface area contributed by atoms with Gasteiger partial charge >= 0.3 is 0 Å². The molecule has 7 heteroatoms. The predicted molar refractivity (Wildman–Crippen MR) is 137 cm³/mol. The summed E-state index contributed by atoms with van der Waals surface area (Å²) in [7, 11) is -3.08. The molecule has 34 heavy (non-hydrogen) atoms. The van der Waals surface area contributed by atoms with E-state index in [4.69, 9.17) is 0 Å². The molecular weight excluding hydrogens is 448 g/mol. The Kier molecular flexibility index (Phi) is 7.80. The average molecular weight is 493 g/mol. The Balaban J connectivity index is 1.40. The van der Waals surface area contributed by atoms with Crippen LogP contribution in [0.15, 0.2) is 35.5 Å². The summed E-state index contributed by atoms with van der Waals surface area (Å²) in [6.07, 6.45) is 11.8. The van der Waals surface area contributed by atoms with Crippen molar-refractivity contribution in [3.63, 3.8) is 0 Å². The monoisotopic (exact) mass is 492 g/mol. The molecule has 4 rings (SSSR count). The number of nitrogens with zero attached hydrogens (tertiary/aromatic N) is 2. The molecule has 3 saturated carbocycles. The van der Waals surface area contributed by atoms with Crippen LogP contribution in [0.4, 0.5) is 0 Å². The van der Waals surface area contributed by atoms with Gasteiger partial charge < -0.3 is 15.1 Å². The fourth-order valence-electron chi connectivity index (χ4n) is 7.42. The Morgan fingerprint density at radius 1 is 1.12 bits per heavy atom. The maximum Gasteiger partial charge on any atom is 0.211 e. The summed E-state index contributed by atoms with van der Waals surface area (Å²) in [5.74, 6) is 1.89. The number of rotatable bonds is 5. The van der Waals surface area contributed by atoms with Crippen LogP contribution in [0.25, 0.3) is 0 Å². The molecule has 1 heterocycles. The molecule has 192 valence electrons. The van der Waals surface area contributed by atoms with Crippen molar-refractivity contribution in [2.45, 2.75) is 71.0 Å². The normalized spacial score (nSPS) is 39.5. The second kappa shape index (κ2) is 10.2. The van der Waals surface area contributed by atoms with E-state index in [9.17, 15) is 18.6 Å². The molecule has 1 aliphatic heterocycles. The van der Waals surface area contributed by atoms with E-state index in [-0.39, 0.29) is 0 Å². The van der Waals surface area contributed by atoms with Crippen molar-refractivity contribution in [1.82, 2.24) is 9.21 Å². The molecule has 0 spiro atoms. The Labute approximate surface area is 206 Å². The fourth-order valence-corrected chi connectivity index (χ4v) is 8.24. The molecule has 1 unspecified atom stereocenters. The second-order valence-corrected chi connectivity index (χ2v) is 13.6. The Morgan fingerprint density at radius 3 is 2.38 bits per heavy atom. The summed E-state index contributed by atoms with van der Waals surface area (Å²) < 4.78 is 25.3. The van der Waals surface area contributed by atoms with Crippen LogP contribution in [0.5, 0.6) is 0 Å². The first-order valence-corrected chi connectivity index (χ1v) is 14.9. The third-order valence-electron chi connectivity index (χ3n) is 9.37. The van der Waals surface area contributed by atoms with E-state index in [1.54, 1.807) is 9.88 Å². The van der Waals surface area contributed by atoms with E-state index < -0.39 is 22.2 Å². The van der Waals surface area contributed by atoms with Gasteiger partial charge in [-0.05, 0) is 73.7 Å². The number of hydrogen-bond acceptors (Lipinski definition) is 5. The zero-order valence-electron chi connectivity index (χ0n) is 21.2. The number of fused-ring (bicyclic) bond motifs is 1. The van der Waals surface area contributed by atoms with Crippen molar-refractivity contribution in [3.8, 4) is 0 Å². The third kappa shape index (κ3) is 5.39. The van der Waals surface area contributed by atoms with Crippen LogP contribution in [0.2, 0.25) is 0 Å². The van der Waals surface area contributed by atoms with Gasteiger partial charge in [0.25, 0.3) is 0 Å². The highest BCUT2D eigenvalue weighted by Gasteiger charge is 2.50. The number of aliphatic hydroxyl groups is 2. The molecule has 1 saturated heterocycles. The van der Waals surface area contributed by atoms with Crippen molar-refractivity contribution < 1.29 is 18.6 Å². The lowest BCUT2D eigenvalue weighted by molar-refractivity contribution is 0.0699. The summed E-state index contributed by atoms with van der Waals surface area (Å²) in [6.45, 7) is 12.6. The van der Waals surface area contributed by atoms with Gasteiger partial charge in [-0.15, -0.1) is 0 Å².